The van der Waals surface area contributed by atoms with E-state index >= 15 is 0 Å². The molecule has 4 aromatic rings. The van der Waals surface area contributed by atoms with Gasteiger partial charge in [-0.1, -0.05) is 30.3 Å². The number of nitro benzene ring substituents is 1. The minimum atomic E-state index is -0.353. The minimum absolute atomic E-state index is 0.0652. The molecule has 6 heteroatoms. The van der Waals surface area contributed by atoms with Crippen LogP contribution >= 0.6 is 0 Å². The van der Waals surface area contributed by atoms with E-state index in [2.05, 4.69) is 11.1 Å². The van der Waals surface area contributed by atoms with E-state index in [9.17, 15) is 10.1 Å². The zero-order valence-corrected chi connectivity index (χ0v) is 15.8. The van der Waals surface area contributed by atoms with E-state index in [1.54, 1.807) is 12.1 Å². The molecule has 0 radical (unpaired) electrons. The van der Waals surface area contributed by atoms with Gasteiger partial charge in [0.25, 0.3) is 5.69 Å². The fourth-order valence-electron chi connectivity index (χ4n) is 3.36. The van der Waals surface area contributed by atoms with Crippen LogP contribution in [-0.4, -0.2) is 42.1 Å². The van der Waals surface area contributed by atoms with Crippen LogP contribution in [0.3, 0.4) is 0 Å². The Kier molecular flexibility index (Phi) is 4.71. The van der Waals surface area contributed by atoms with Crippen molar-refractivity contribution in [3.63, 3.8) is 0 Å². The summed E-state index contributed by atoms with van der Waals surface area (Å²) in [7, 11) is 3.94. The molecule has 0 aliphatic carbocycles. The minimum Gasteiger partial charge on any atom is -0.492 e. The molecule has 3 aromatic carbocycles. The number of nitro groups is 1. The maximum absolute atomic E-state index is 11.6. The Bertz CT molecular complexity index is 1160. The number of nitrogens with zero attached hydrogens (tertiary/aromatic N) is 2. The van der Waals surface area contributed by atoms with Crippen molar-refractivity contribution in [1.82, 2.24) is 9.88 Å². The molecule has 6 nitrogen and oxygen atoms in total. The topological polar surface area (TPSA) is 71.4 Å². The summed E-state index contributed by atoms with van der Waals surface area (Å²) in [4.78, 5) is 16.6. The Balaban J connectivity index is 1.77. The van der Waals surface area contributed by atoms with Crippen molar-refractivity contribution in [3.8, 4) is 16.9 Å². The molecule has 0 bridgehead atoms. The highest BCUT2D eigenvalue weighted by Crippen LogP contribution is 2.36. The highest BCUT2D eigenvalue weighted by Gasteiger charge is 2.17. The predicted molar refractivity (Wildman–Crippen MR) is 112 cm³/mol. The Morgan fingerprint density at radius 3 is 2.57 bits per heavy atom. The molecule has 0 saturated carbocycles. The highest BCUT2D eigenvalue weighted by atomic mass is 16.6. The van der Waals surface area contributed by atoms with Gasteiger partial charge in [-0.15, -0.1) is 0 Å². The Morgan fingerprint density at radius 1 is 1.00 bits per heavy atom. The summed E-state index contributed by atoms with van der Waals surface area (Å²) >= 11 is 0. The number of ether oxygens (including phenoxy) is 1. The first-order chi connectivity index (χ1) is 13.5. The van der Waals surface area contributed by atoms with Gasteiger partial charge >= 0.3 is 0 Å². The summed E-state index contributed by atoms with van der Waals surface area (Å²) in [6.07, 6.45) is 0. The predicted octanol–water partition coefficient (Wildman–Crippen LogP) is 4.84. The van der Waals surface area contributed by atoms with Gasteiger partial charge in [0.05, 0.1) is 10.5 Å². The van der Waals surface area contributed by atoms with Gasteiger partial charge in [-0.2, -0.15) is 0 Å². The van der Waals surface area contributed by atoms with Crippen LogP contribution in [0.2, 0.25) is 0 Å². The number of benzene rings is 3. The third-order valence-electron chi connectivity index (χ3n) is 4.79. The van der Waals surface area contributed by atoms with Gasteiger partial charge < -0.3 is 14.6 Å². The molecule has 0 atom stereocenters. The second-order valence-corrected chi connectivity index (χ2v) is 7.02. The van der Waals surface area contributed by atoms with Gasteiger partial charge in [0.2, 0.25) is 0 Å². The molecular formula is C22H21N3O3. The number of rotatable bonds is 6. The molecule has 0 fully saturated rings. The quantitative estimate of drug-likeness (QED) is 0.387. The molecule has 0 amide bonds. The van der Waals surface area contributed by atoms with Crippen molar-refractivity contribution in [2.45, 2.75) is 0 Å². The first-order valence-electron chi connectivity index (χ1n) is 9.10. The van der Waals surface area contributed by atoms with Crippen LogP contribution in [0.25, 0.3) is 32.9 Å². The summed E-state index contributed by atoms with van der Waals surface area (Å²) in [6.45, 7) is 1.29. The molecule has 0 aliphatic rings. The van der Waals surface area contributed by atoms with E-state index < -0.39 is 0 Å². The maximum Gasteiger partial charge on any atom is 0.277 e. The van der Waals surface area contributed by atoms with Crippen molar-refractivity contribution in [2.24, 2.45) is 0 Å². The molecule has 0 aliphatic heterocycles. The summed E-state index contributed by atoms with van der Waals surface area (Å²) in [5.74, 6) is 0.624. The average molecular weight is 375 g/mol. The maximum atomic E-state index is 11.6. The smallest absolute Gasteiger partial charge is 0.277 e. The fraction of sp³-hybridized carbons (Fsp3) is 0.182. The molecule has 1 N–H and O–H groups in total. The number of fused-ring (bicyclic) bond motifs is 3. The van der Waals surface area contributed by atoms with Crippen LogP contribution in [0, 0.1) is 10.1 Å². The molecule has 1 aromatic heterocycles. The van der Waals surface area contributed by atoms with Crippen LogP contribution in [0.15, 0.2) is 60.7 Å². The lowest BCUT2D eigenvalue weighted by Gasteiger charge is -2.12. The molecule has 0 unspecified atom stereocenters. The normalized spacial score (nSPS) is 11.4. The lowest BCUT2D eigenvalue weighted by atomic mass is 10.0. The molecule has 0 saturated heterocycles. The van der Waals surface area contributed by atoms with Crippen LogP contribution in [-0.2, 0) is 0 Å². The van der Waals surface area contributed by atoms with Crippen molar-refractivity contribution >= 4 is 27.5 Å². The van der Waals surface area contributed by atoms with Gasteiger partial charge in [0.1, 0.15) is 12.4 Å². The molecule has 28 heavy (non-hydrogen) atoms. The van der Waals surface area contributed by atoms with Crippen LogP contribution in [0.5, 0.6) is 5.75 Å². The molecule has 0 spiro atoms. The second-order valence-electron chi connectivity index (χ2n) is 7.02. The molecule has 1 heterocycles. The van der Waals surface area contributed by atoms with Crippen molar-refractivity contribution in [2.75, 3.05) is 27.2 Å². The Morgan fingerprint density at radius 2 is 1.79 bits per heavy atom. The van der Waals surface area contributed by atoms with Gasteiger partial charge in [-0.25, -0.2) is 0 Å². The zero-order valence-electron chi connectivity index (χ0n) is 15.8. The van der Waals surface area contributed by atoms with E-state index in [0.717, 1.165) is 33.9 Å². The van der Waals surface area contributed by atoms with E-state index in [1.807, 2.05) is 55.4 Å². The summed E-state index contributed by atoms with van der Waals surface area (Å²) in [5.41, 5.74) is 3.39. The lowest BCUT2D eigenvalue weighted by Crippen LogP contribution is -2.19. The monoisotopic (exact) mass is 375 g/mol. The number of para-hydroxylation sites is 1. The van der Waals surface area contributed by atoms with E-state index in [0.29, 0.717) is 17.9 Å². The van der Waals surface area contributed by atoms with Crippen LogP contribution in [0.1, 0.15) is 0 Å². The van der Waals surface area contributed by atoms with Crippen LogP contribution in [0.4, 0.5) is 5.69 Å². The molecular weight excluding hydrogens is 354 g/mol. The SMILES string of the molecule is CN(C)CCOc1ccc([N+](=O)[O-])c(-c2ccc3c(c2)[nH]c2ccccc23)c1. The average Bonchev–Trinajstić information content (AvgIpc) is 3.05. The third kappa shape index (κ3) is 3.42. The summed E-state index contributed by atoms with van der Waals surface area (Å²) in [6, 6.07) is 18.9. The van der Waals surface area contributed by atoms with E-state index in [-0.39, 0.29) is 10.6 Å². The fourth-order valence-corrected chi connectivity index (χ4v) is 3.36. The van der Waals surface area contributed by atoms with E-state index in [1.165, 1.54) is 6.07 Å². The largest absolute Gasteiger partial charge is 0.492 e. The Hall–Kier alpha value is -3.38. The second kappa shape index (κ2) is 7.32. The van der Waals surface area contributed by atoms with Gasteiger partial charge in [-0.3, -0.25) is 10.1 Å². The number of hydrogen-bond donors (Lipinski definition) is 1. The number of hydrogen-bond acceptors (Lipinski definition) is 4. The van der Waals surface area contributed by atoms with Crippen LogP contribution < -0.4 is 4.74 Å². The number of aromatic amines is 1. The molecule has 4 rings (SSSR count). The van der Waals surface area contributed by atoms with Crippen molar-refractivity contribution in [1.29, 1.82) is 0 Å². The first kappa shape index (κ1) is 18.0. The standard InChI is InChI=1S/C22H21N3O3/c1-24(2)11-12-28-16-8-10-22(25(26)27)19(14-16)15-7-9-18-17-5-3-4-6-20(17)23-21(18)13-15/h3-10,13-14,23H,11-12H2,1-2H3. The highest BCUT2D eigenvalue weighted by molar-refractivity contribution is 6.08. The van der Waals surface area contributed by atoms with Gasteiger partial charge in [0.15, 0.2) is 0 Å². The first-order valence-corrected chi connectivity index (χ1v) is 9.10. The zero-order chi connectivity index (χ0) is 19.7. The van der Waals surface area contributed by atoms with Crippen molar-refractivity contribution < 1.29 is 9.66 Å². The third-order valence-corrected chi connectivity index (χ3v) is 4.79. The van der Waals surface area contributed by atoms with Gasteiger partial charge in [0, 0.05) is 34.4 Å². The van der Waals surface area contributed by atoms with E-state index in [4.69, 9.17) is 4.74 Å². The lowest BCUT2D eigenvalue weighted by molar-refractivity contribution is -0.384. The number of H-pyrrole nitrogens is 1. The summed E-state index contributed by atoms with van der Waals surface area (Å²) in [5, 5.41) is 13.8. The number of nitrogens with one attached hydrogen (secondary N) is 1. The number of likely N-dealkylation sites (N-methyl/N-ethyl adjacent to an activating group) is 1. The summed E-state index contributed by atoms with van der Waals surface area (Å²) < 4.78 is 5.78. The number of aromatic nitrogens is 1. The van der Waals surface area contributed by atoms with Gasteiger partial charge in [-0.05, 0) is 43.9 Å². The molecule has 142 valence electrons. The Labute approximate surface area is 162 Å². The van der Waals surface area contributed by atoms with Crippen molar-refractivity contribution in [3.05, 3.63) is 70.8 Å².